The number of rotatable bonds is 11. The standard InChI is InChI=1S/C19H33NO4/c1-7-23-17(21)16(10-9-14(3)4)19(13-20,12-11-15(5)6)18(22)24-8-2/h14-16H,7-12H2,1-6H3. The number of esters is 2. The first-order valence-corrected chi connectivity index (χ1v) is 9.00. The van der Waals surface area contributed by atoms with E-state index < -0.39 is 23.3 Å². The largest absolute Gasteiger partial charge is 0.466 e. The van der Waals surface area contributed by atoms with E-state index in [0.717, 1.165) is 6.42 Å². The minimum Gasteiger partial charge on any atom is -0.466 e. The van der Waals surface area contributed by atoms with Gasteiger partial charge in [-0.2, -0.15) is 5.26 Å². The van der Waals surface area contributed by atoms with Crippen molar-refractivity contribution in [2.45, 2.75) is 67.2 Å². The second-order valence-corrected chi connectivity index (χ2v) is 7.01. The Morgan fingerprint density at radius 3 is 1.92 bits per heavy atom. The molecule has 0 radical (unpaired) electrons. The lowest BCUT2D eigenvalue weighted by Gasteiger charge is -2.32. The number of carbonyl (C=O) groups is 2. The average molecular weight is 339 g/mol. The molecule has 0 aliphatic heterocycles. The fourth-order valence-corrected chi connectivity index (χ4v) is 2.68. The lowest BCUT2D eigenvalue weighted by molar-refractivity contribution is -0.166. The normalized spacial score (nSPS) is 14.8. The first-order chi connectivity index (χ1) is 11.2. The summed E-state index contributed by atoms with van der Waals surface area (Å²) in [6, 6.07) is 2.14. The minimum absolute atomic E-state index is 0.184. The summed E-state index contributed by atoms with van der Waals surface area (Å²) in [7, 11) is 0. The maximum absolute atomic E-state index is 12.7. The van der Waals surface area contributed by atoms with Crippen molar-refractivity contribution in [2.24, 2.45) is 23.2 Å². The number of hydrogen-bond donors (Lipinski definition) is 0. The number of nitriles is 1. The maximum Gasteiger partial charge on any atom is 0.327 e. The van der Waals surface area contributed by atoms with Crippen molar-refractivity contribution in [3.05, 3.63) is 0 Å². The van der Waals surface area contributed by atoms with Crippen LogP contribution >= 0.6 is 0 Å². The number of nitrogens with zero attached hydrogens (tertiary/aromatic N) is 1. The van der Waals surface area contributed by atoms with Crippen molar-refractivity contribution < 1.29 is 19.1 Å². The van der Waals surface area contributed by atoms with Crippen LogP contribution in [0.2, 0.25) is 0 Å². The van der Waals surface area contributed by atoms with Gasteiger partial charge in [0.15, 0.2) is 5.41 Å². The van der Waals surface area contributed by atoms with E-state index in [1.807, 2.05) is 13.8 Å². The van der Waals surface area contributed by atoms with E-state index in [4.69, 9.17) is 9.47 Å². The monoisotopic (exact) mass is 339 g/mol. The Labute approximate surface area is 146 Å². The Morgan fingerprint density at radius 2 is 1.50 bits per heavy atom. The van der Waals surface area contributed by atoms with Gasteiger partial charge >= 0.3 is 11.9 Å². The summed E-state index contributed by atoms with van der Waals surface area (Å²) in [4.78, 5) is 25.2. The summed E-state index contributed by atoms with van der Waals surface area (Å²) in [5.74, 6) is -1.18. The Kier molecular flexibility index (Phi) is 10.3. The van der Waals surface area contributed by atoms with Crippen molar-refractivity contribution in [2.75, 3.05) is 13.2 Å². The second kappa shape index (κ2) is 11.1. The van der Waals surface area contributed by atoms with E-state index in [1.54, 1.807) is 13.8 Å². The van der Waals surface area contributed by atoms with Gasteiger partial charge in [0, 0.05) is 0 Å². The first-order valence-electron chi connectivity index (χ1n) is 9.00. The molecule has 2 unspecified atom stereocenters. The summed E-state index contributed by atoms with van der Waals surface area (Å²) in [6.07, 6.45) is 2.17. The highest BCUT2D eigenvalue weighted by Crippen LogP contribution is 2.39. The highest BCUT2D eigenvalue weighted by Gasteiger charge is 2.51. The molecule has 5 heteroatoms. The van der Waals surface area contributed by atoms with E-state index in [1.165, 1.54) is 0 Å². The number of hydrogen-bond acceptors (Lipinski definition) is 5. The van der Waals surface area contributed by atoms with Gasteiger partial charge in [0.25, 0.3) is 0 Å². The predicted molar refractivity (Wildman–Crippen MR) is 92.9 cm³/mol. The average Bonchev–Trinajstić information content (AvgIpc) is 2.50. The fraction of sp³-hybridized carbons (Fsp3) is 0.842. The molecule has 5 nitrogen and oxygen atoms in total. The van der Waals surface area contributed by atoms with E-state index in [2.05, 4.69) is 19.9 Å². The first kappa shape index (κ1) is 22.4. The Bertz CT molecular complexity index is 439. The topological polar surface area (TPSA) is 76.4 Å². The number of ether oxygens (including phenoxy) is 2. The third-order valence-electron chi connectivity index (χ3n) is 4.15. The third kappa shape index (κ3) is 6.51. The molecule has 0 N–H and O–H groups in total. The zero-order valence-corrected chi connectivity index (χ0v) is 16.1. The van der Waals surface area contributed by atoms with Crippen LogP contribution < -0.4 is 0 Å². The molecule has 0 aromatic rings. The Hall–Kier alpha value is -1.57. The lowest BCUT2D eigenvalue weighted by atomic mass is 9.69. The van der Waals surface area contributed by atoms with Gasteiger partial charge in [-0.25, -0.2) is 0 Å². The molecule has 138 valence electrons. The molecule has 0 heterocycles. The van der Waals surface area contributed by atoms with Crippen LogP contribution in [0, 0.1) is 34.5 Å². The lowest BCUT2D eigenvalue weighted by Crippen LogP contribution is -2.44. The van der Waals surface area contributed by atoms with Crippen LogP contribution in [0.5, 0.6) is 0 Å². The Morgan fingerprint density at radius 1 is 0.958 bits per heavy atom. The summed E-state index contributed by atoms with van der Waals surface area (Å²) in [5, 5.41) is 9.88. The van der Waals surface area contributed by atoms with Crippen molar-refractivity contribution in [3.8, 4) is 6.07 Å². The van der Waals surface area contributed by atoms with Gasteiger partial charge in [0.2, 0.25) is 0 Å². The van der Waals surface area contributed by atoms with Crippen molar-refractivity contribution in [3.63, 3.8) is 0 Å². The summed E-state index contributed by atoms with van der Waals surface area (Å²) < 4.78 is 10.4. The number of carbonyl (C=O) groups excluding carboxylic acids is 2. The molecular formula is C19H33NO4. The molecule has 0 aliphatic carbocycles. The molecule has 2 atom stereocenters. The second-order valence-electron chi connectivity index (χ2n) is 7.01. The third-order valence-corrected chi connectivity index (χ3v) is 4.15. The molecule has 0 aromatic carbocycles. The summed E-state index contributed by atoms with van der Waals surface area (Å²) in [6.45, 7) is 12.0. The molecule has 0 aromatic heterocycles. The van der Waals surface area contributed by atoms with E-state index in [-0.39, 0.29) is 13.2 Å². The molecule has 0 amide bonds. The highest BCUT2D eigenvalue weighted by molar-refractivity contribution is 5.88. The van der Waals surface area contributed by atoms with Crippen LogP contribution in [0.3, 0.4) is 0 Å². The van der Waals surface area contributed by atoms with E-state index >= 15 is 0 Å². The van der Waals surface area contributed by atoms with Crippen LogP contribution in [0.4, 0.5) is 0 Å². The van der Waals surface area contributed by atoms with Gasteiger partial charge in [-0.1, -0.05) is 34.1 Å². The van der Waals surface area contributed by atoms with Gasteiger partial charge in [-0.05, 0) is 44.9 Å². The fourth-order valence-electron chi connectivity index (χ4n) is 2.68. The van der Waals surface area contributed by atoms with Crippen LogP contribution in [0.1, 0.15) is 67.2 Å². The van der Waals surface area contributed by atoms with E-state index in [0.29, 0.717) is 31.1 Å². The Balaban J connectivity index is 5.78. The van der Waals surface area contributed by atoms with Gasteiger partial charge in [0.05, 0.1) is 25.2 Å². The molecular weight excluding hydrogens is 306 g/mol. The van der Waals surface area contributed by atoms with Gasteiger partial charge in [-0.15, -0.1) is 0 Å². The van der Waals surface area contributed by atoms with Crippen LogP contribution in [0.25, 0.3) is 0 Å². The van der Waals surface area contributed by atoms with Crippen LogP contribution in [-0.4, -0.2) is 25.2 Å². The van der Waals surface area contributed by atoms with Crippen molar-refractivity contribution in [1.29, 1.82) is 5.26 Å². The molecule has 0 saturated carbocycles. The zero-order chi connectivity index (χ0) is 18.8. The minimum atomic E-state index is -1.47. The van der Waals surface area contributed by atoms with Crippen LogP contribution in [-0.2, 0) is 19.1 Å². The molecule has 0 bridgehead atoms. The zero-order valence-electron chi connectivity index (χ0n) is 16.1. The van der Waals surface area contributed by atoms with Crippen molar-refractivity contribution >= 4 is 11.9 Å². The predicted octanol–water partition coefficient (Wildman–Crippen LogP) is 4.11. The summed E-state index contributed by atoms with van der Waals surface area (Å²) >= 11 is 0. The molecule has 0 saturated heterocycles. The molecule has 24 heavy (non-hydrogen) atoms. The molecule has 0 aliphatic rings. The highest BCUT2D eigenvalue weighted by atomic mass is 16.5. The van der Waals surface area contributed by atoms with Crippen molar-refractivity contribution in [1.82, 2.24) is 0 Å². The van der Waals surface area contributed by atoms with E-state index in [9.17, 15) is 14.9 Å². The summed E-state index contributed by atoms with van der Waals surface area (Å²) in [5.41, 5.74) is -1.47. The maximum atomic E-state index is 12.7. The van der Waals surface area contributed by atoms with Crippen LogP contribution in [0.15, 0.2) is 0 Å². The van der Waals surface area contributed by atoms with Gasteiger partial charge in [0.1, 0.15) is 0 Å². The smallest absolute Gasteiger partial charge is 0.327 e. The molecule has 0 rings (SSSR count). The van der Waals surface area contributed by atoms with Gasteiger partial charge < -0.3 is 9.47 Å². The quantitative estimate of drug-likeness (QED) is 0.529. The molecule has 0 spiro atoms. The molecule has 0 fully saturated rings. The SMILES string of the molecule is CCOC(=O)C(CCC(C)C)C(C#N)(CCC(C)C)C(=O)OCC. The van der Waals surface area contributed by atoms with Gasteiger partial charge in [-0.3, -0.25) is 9.59 Å².